The highest BCUT2D eigenvalue weighted by molar-refractivity contribution is 6.00. The average molecular weight is 400 g/mol. The second kappa shape index (κ2) is 7.48. The van der Waals surface area contributed by atoms with Crippen molar-refractivity contribution in [3.63, 3.8) is 0 Å². The summed E-state index contributed by atoms with van der Waals surface area (Å²) >= 11 is 0. The molecule has 2 bridgehead atoms. The Kier molecular flexibility index (Phi) is 4.65. The van der Waals surface area contributed by atoms with Gasteiger partial charge in [-0.3, -0.25) is 19.7 Å². The van der Waals surface area contributed by atoms with Crippen LogP contribution >= 0.6 is 0 Å². The van der Waals surface area contributed by atoms with Crippen LogP contribution in [0.15, 0.2) is 48.9 Å². The topological polar surface area (TPSA) is 83.9 Å². The first-order valence-corrected chi connectivity index (χ1v) is 10.3. The van der Waals surface area contributed by atoms with Crippen LogP contribution in [0.5, 0.6) is 0 Å². The molecular weight excluding hydrogens is 376 g/mol. The fourth-order valence-electron chi connectivity index (χ4n) is 4.65. The van der Waals surface area contributed by atoms with Gasteiger partial charge in [0, 0.05) is 24.5 Å². The van der Waals surface area contributed by atoms with Crippen molar-refractivity contribution in [2.45, 2.75) is 38.8 Å². The SMILES string of the molecule is Cc1cnc(NC2CC3CC2N(C(=O)c2ccc(C)nc2-c2ccccn2)C3)cn1. The minimum Gasteiger partial charge on any atom is -0.364 e. The molecule has 1 aliphatic carbocycles. The number of nitrogens with zero attached hydrogens (tertiary/aromatic N) is 5. The van der Waals surface area contributed by atoms with Gasteiger partial charge in [-0.25, -0.2) is 4.98 Å². The average Bonchev–Trinajstić information content (AvgIpc) is 3.36. The molecule has 5 rings (SSSR count). The Labute approximate surface area is 175 Å². The minimum absolute atomic E-state index is 0.0251. The van der Waals surface area contributed by atoms with Crippen molar-refractivity contribution < 1.29 is 4.79 Å². The fourth-order valence-corrected chi connectivity index (χ4v) is 4.65. The number of carbonyl (C=O) groups excluding carboxylic acids is 1. The standard InChI is InChI=1S/C23H24N6O/c1-14-6-7-17(22(27-14)18-5-3-4-8-24-18)23(30)29-13-16-9-19(20(29)10-16)28-21-12-25-15(2)11-26-21/h3-8,11-12,16,19-20H,9-10,13H2,1-2H3,(H,26,28). The maximum Gasteiger partial charge on any atom is 0.256 e. The molecule has 7 nitrogen and oxygen atoms in total. The van der Waals surface area contributed by atoms with E-state index in [4.69, 9.17) is 0 Å². The largest absolute Gasteiger partial charge is 0.364 e. The van der Waals surface area contributed by atoms with Gasteiger partial charge in [-0.1, -0.05) is 6.07 Å². The number of carbonyl (C=O) groups is 1. The maximum absolute atomic E-state index is 13.6. The van der Waals surface area contributed by atoms with Crippen LogP contribution in [0, 0.1) is 19.8 Å². The molecule has 30 heavy (non-hydrogen) atoms. The van der Waals surface area contributed by atoms with E-state index in [9.17, 15) is 4.79 Å². The third-order valence-corrected chi connectivity index (χ3v) is 6.03. The molecule has 7 heteroatoms. The van der Waals surface area contributed by atoms with Gasteiger partial charge in [-0.2, -0.15) is 0 Å². The first-order valence-electron chi connectivity index (χ1n) is 10.3. The van der Waals surface area contributed by atoms with Crippen LogP contribution in [0.1, 0.15) is 34.6 Å². The number of aromatic nitrogens is 4. The lowest BCUT2D eigenvalue weighted by Gasteiger charge is -2.34. The van der Waals surface area contributed by atoms with Crippen LogP contribution in [0.3, 0.4) is 0 Å². The van der Waals surface area contributed by atoms with E-state index >= 15 is 0 Å². The van der Waals surface area contributed by atoms with E-state index < -0.39 is 0 Å². The molecule has 2 aliphatic rings. The molecule has 1 saturated heterocycles. The van der Waals surface area contributed by atoms with Crippen LogP contribution in [-0.2, 0) is 0 Å². The number of hydrogen-bond donors (Lipinski definition) is 1. The third kappa shape index (κ3) is 3.40. The molecular formula is C23H24N6O. The number of piperidine rings is 1. The quantitative estimate of drug-likeness (QED) is 0.724. The number of likely N-dealkylation sites (tertiary alicyclic amines) is 1. The van der Waals surface area contributed by atoms with Crippen LogP contribution in [0.25, 0.3) is 11.4 Å². The van der Waals surface area contributed by atoms with Gasteiger partial charge in [0.25, 0.3) is 5.91 Å². The van der Waals surface area contributed by atoms with Crippen molar-refractivity contribution in [1.82, 2.24) is 24.8 Å². The van der Waals surface area contributed by atoms with Crippen molar-refractivity contribution in [2.75, 3.05) is 11.9 Å². The summed E-state index contributed by atoms with van der Waals surface area (Å²) in [5.41, 5.74) is 3.74. The summed E-state index contributed by atoms with van der Waals surface area (Å²) in [5.74, 6) is 1.29. The summed E-state index contributed by atoms with van der Waals surface area (Å²) in [6.07, 6.45) is 7.31. The summed E-state index contributed by atoms with van der Waals surface area (Å²) in [6, 6.07) is 9.78. The molecule has 0 radical (unpaired) electrons. The Morgan fingerprint density at radius 2 is 1.93 bits per heavy atom. The zero-order valence-corrected chi connectivity index (χ0v) is 17.1. The smallest absolute Gasteiger partial charge is 0.256 e. The highest BCUT2D eigenvalue weighted by Gasteiger charge is 2.47. The van der Waals surface area contributed by atoms with E-state index in [0.29, 0.717) is 17.2 Å². The van der Waals surface area contributed by atoms with Gasteiger partial charge in [0.05, 0.1) is 35.4 Å². The van der Waals surface area contributed by atoms with Crippen LogP contribution in [0.4, 0.5) is 5.82 Å². The Hall–Kier alpha value is -3.35. The second-order valence-corrected chi connectivity index (χ2v) is 8.22. The molecule has 3 aromatic rings. The molecule has 0 aromatic carbocycles. The molecule has 2 fully saturated rings. The highest BCUT2D eigenvalue weighted by Crippen LogP contribution is 2.40. The Bertz CT molecular complexity index is 1070. The van der Waals surface area contributed by atoms with Gasteiger partial charge in [0.1, 0.15) is 11.5 Å². The number of anilines is 1. The monoisotopic (exact) mass is 400 g/mol. The summed E-state index contributed by atoms with van der Waals surface area (Å²) in [5, 5.41) is 3.50. The Morgan fingerprint density at radius 3 is 2.67 bits per heavy atom. The van der Waals surface area contributed by atoms with E-state index in [1.807, 2.05) is 49.1 Å². The number of pyridine rings is 2. The van der Waals surface area contributed by atoms with Crippen molar-refractivity contribution in [2.24, 2.45) is 5.92 Å². The third-order valence-electron chi connectivity index (χ3n) is 6.03. The van der Waals surface area contributed by atoms with E-state index in [-0.39, 0.29) is 18.0 Å². The first-order chi connectivity index (χ1) is 14.6. The Morgan fingerprint density at radius 1 is 1.03 bits per heavy atom. The van der Waals surface area contributed by atoms with E-state index in [1.54, 1.807) is 18.6 Å². The van der Waals surface area contributed by atoms with Crippen LogP contribution in [-0.4, -0.2) is 49.4 Å². The highest BCUT2D eigenvalue weighted by atomic mass is 16.2. The van der Waals surface area contributed by atoms with E-state index in [1.165, 1.54) is 0 Å². The minimum atomic E-state index is 0.0251. The second-order valence-electron chi connectivity index (χ2n) is 8.22. The number of rotatable bonds is 4. The molecule has 1 amide bonds. The van der Waals surface area contributed by atoms with Crippen LogP contribution < -0.4 is 5.32 Å². The number of amides is 1. The summed E-state index contributed by atoms with van der Waals surface area (Å²) in [6.45, 7) is 4.64. The predicted octanol–water partition coefficient (Wildman–Crippen LogP) is 3.27. The number of aryl methyl sites for hydroxylation is 2. The summed E-state index contributed by atoms with van der Waals surface area (Å²) in [4.78, 5) is 33.4. The predicted molar refractivity (Wildman–Crippen MR) is 114 cm³/mol. The number of nitrogens with one attached hydrogen (secondary N) is 1. The van der Waals surface area contributed by atoms with Gasteiger partial charge < -0.3 is 10.2 Å². The van der Waals surface area contributed by atoms with Gasteiger partial charge in [-0.15, -0.1) is 0 Å². The van der Waals surface area contributed by atoms with Crippen molar-refractivity contribution in [1.29, 1.82) is 0 Å². The first kappa shape index (κ1) is 18.7. The van der Waals surface area contributed by atoms with Crippen molar-refractivity contribution in [3.8, 4) is 11.4 Å². The molecule has 3 unspecified atom stereocenters. The molecule has 3 aromatic heterocycles. The van der Waals surface area contributed by atoms with Crippen LogP contribution in [0.2, 0.25) is 0 Å². The number of fused-ring (bicyclic) bond motifs is 2. The zero-order valence-electron chi connectivity index (χ0n) is 17.1. The lowest BCUT2D eigenvalue weighted by molar-refractivity contribution is 0.0692. The van der Waals surface area contributed by atoms with Gasteiger partial charge in [0.15, 0.2) is 0 Å². The molecule has 1 aliphatic heterocycles. The Balaban J connectivity index is 1.41. The van der Waals surface area contributed by atoms with E-state index in [2.05, 4.69) is 25.3 Å². The van der Waals surface area contributed by atoms with E-state index in [0.717, 1.165) is 42.3 Å². The molecule has 1 N–H and O–H groups in total. The van der Waals surface area contributed by atoms with Gasteiger partial charge >= 0.3 is 0 Å². The summed E-state index contributed by atoms with van der Waals surface area (Å²) in [7, 11) is 0. The lowest BCUT2D eigenvalue weighted by atomic mass is 10.0. The normalized spacial score (nSPS) is 22.3. The van der Waals surface area contributed by atoms with Gasteiger partial charge in [0.2, 0.25) is 0 Å². The molecule has 4 heterocycles. The van der Waals surface area contributed by atoms with Crippen molar-refractivity contribution in [3.05, 3.63) is 65.9 Å². The molecule has 0 spiro atoms. The maximum atomic E-state index is 13.6. The molecule has 3 atom stereocenters. The fraction of sp³-hybridized carbons (Fsp3) is 0.348. The lowest BCUT2D eigenvalue weighted by Crippen LogP contribution is -2.48. The number of hydrogen-bond acceptors (Lipinski definition) is 6. The van der Waals surface area contributed by atoms with Crippen molar-refractivity contribution >= 4 is 11.7 Å². The van der Waals surface area contributed by atoms with Gasteiger partial charge in [-0.05, 0) is 56.9 Å². The molecule has 152 valence electrons. The zero-order chi connectivity index (χ0) is 20.7. The molecule has 1 saturated carbocycles. The summed E-state index contributed by atoms with van der Waals surface area (Å²) < 4.78 is 0.